The molecule has 1 heterocycles. The lowest BCUT2D eigenvalue weighted by Crippen LogP contribution is -2.58. The van der Waals surface area contributed by atoms with Crippen molar-refractivity contribution < 1.29 is 27.4 Å². The number of ether oxygens (including phenoxy) is 2. The van der Waals surface area contributed by atoms with Gasteiger partial charge in [0, 0.05) is 32.7 Å². The summed E-state index contributed by atoms with van der Waals surface area (Å²) in [7, 11) is 1.53. The average molecular weight is 375 g/mol. The van der Waals surface area contributed by atoms with E-state index >= 15 is 0 Å². The summed E-state index contributed by atoms with van der Waals surface area (Å²) >= 11 is 0. The maximum absolute atomic E-state index is 13.3. The third kappa shape index (κ3) is 5.77. The summed E-state index contributed by atoms with van der Waals surface area (Å²) in [6.07, 6.45) is -5.33. The number of benzene rings is 1. The second-order valence-electron chi connectivity index (χ2n) is 6.02. The second-order valence-corrected chi connectivity index (χ2v) is 6.02. The van der Waals surface area contributed by atoms with Crippen molar-refractivity contribution in [2.75, 3.05) is 39.8 Å². The Balaban J connectivity index is 1.89. The quantitative estimate of drug-likeness (QED) is 0.755. The molecule has 1 aromatic carbocycles. The molecule has 0 aromatic heterocycles. The maximum atomic E-state index is 13.3. The van der Waals surface area contributed by atoms with E-state index in [1.54, 1.807) is 24.3 Å². The van der Waals surface area contributed by atoms with Crippen LogP contribution in [0.5, 0.6) is 11.5 Å². The smallest absolute Gasteiger partial charge is 0.405 e. The Hall–Kier alpha value is -2.00. The van der Waals surface area contributed by atoms with E-state index in [-0.39, 0.29) is 13.1 Å². The molecule has 1 fully saturated rings. The minimum absolute atomic E-state index is 0.290. The molecule has 0 saturated carbocycles. The number of alkyl halides is 3. The molecule has 0 bridgehead atoms. The number of carbonyl (C=O) groups is 1. The first-order valence-electron chi connectivity index (χ1n) is 8.41. The van der Waals surface area contributed by atoms with Gasteiger partial charge >= 0.3 is 6.18 Å². The molecular weight excluding hydrogens is 351 g/mol. The van der Waals surface area contributed by atoms with Gasteiger partial charge in [-0.05, 0) is 31.2 Å². The van der Waals surface area contributed by atoms with E-state index in [1.165, 1.54) is 18.9 Å². The monoisotopic (exact) mass is 375 g/mol. The molecule has 0 spiro atoms. The lowest BCUT2D eigenvalue weighted by molar-refractivity contribution is -0.184. The van der Waals surface area contributed by atoms with Gasteiger partial charge in [-0.3, -0.25) is 9.69 Å². The third-order valence-electron chi connectivity index (χ3n) is 4.18. The standard InChI is InChI=1S/C17H24F3N3O3/c1-12(26-14-5-3-13(25-2)4-6-14)16(24)22-11-15(17(18,19)20)23-9-7-21-8-10-23/h3-6,12,15,21H,7-11H2,1-2H3,(H,22,24). The Morgan fingerprint density at radius 1 is 1.23 bits per heavy atom. The Labute approximate surface area is 150 Å². The molecule has 1 saturated heterocycles. The van der Waals surface area contributed by atoms with E-state index in [1.807, 2.05) is 0 Å². The minimum Gasteiger partial charge on any atom is -0.497 e. The molecule has 26 heavy (non-hydrogen) atoms. The molecule has 2 atom stereocenters. The Morgan fingerprint density at radius 3 is 2.35 bits per heavy atom. The molecule has 146 valence electrons. The molecule has 1 aliphatic rings. The molecule has 1 amide bonds. The number of methoxy groups -OCH3 is 1. The summed E-state index contributed by atoms with van der Waals surface area (Å²) in [4.78, 5) is 13.5. The van der Waals surface area contributed by atoms with Crippen molar-refractivity contribution in [3.63, 3.8) is 0 Å². The number of piperazine rings is 1. The van der Waals surface area contributed by atoms with Crippen molar-refractivity contribution in [1.82, 2.24) is 15.5 Å². The molecule has 1 aromatic rings. The minimum atomic E-state index is -4.41. The van der Waals surface area contributed by atoms with Crippen LogP contribution in [-0.4, -0.2) is 69.0 Å². The number of nitrogens with one attached hydrogen (secondary N) is 2. The van der Waals surface area contributed by atoms with Gasteiger partial charge in [-0.15, -0.1) is 0 Å². The van der Waals surface area contributed by atoms with Gasteiger partial charge in [-0.25, -0.2) is 0 Å². The Kier molecular flexibility index (Phi) is 7.10. The number of nitrogens with zero attached hydrogens (tertiary/aromatic N) is 1. The van der Waals surface area contributed by atoms with Gasteiger partial charge in [0.15, 0.2) is 6.10 Å². The predicted octanol–water partition coefficient (Wildman–Crippen LogP) is 1.41. The summed E-state index contributed by atoms with van der Waals surface area (Å²) in [5.41, 5.74) is 0. The fraction of sp³-hybridized carbons (Fsp3) is 0.588. The molecule has 2 unspecified atom stereocenters. The largest absolute Gasteiger partial charge is 0.497 e. The van der Waals surface area contributed by atoms with Crippen LogP contribution in [0.1, 0.15) is 6.92 Å². The summed E-state index contributed by atoms with van der Waals surface area (Å²) in [6, 6.07) is 4.89. The number of hydrogen-bond donors (Lipinski definition) is 2. The average Bonchev–Trinajstić information content (AvgIpc) is 2.62. The van der Waals surface area contributed by atoms with E-state index in [4.69, 9.17) is 9.47 Å². The third-order valence-corrected chi connectivity index (χ3v) is 4.18. The summed E-state index contributed by atoms with van der Waals surface area (Å²) < 4.78 is 50.4. The van der Waals surface area contributed by atoms with Gasteiger partial charge in [-0.1, -0.05) is 0 Å². The molecule has 2 rings (SSSR count). The van der Waals surface area contributed by atoms with E-state index in [0.717, 1.165) is 0 Å². The predicted molar refractivity (Wildman–Crippen MR) is 90.4 cm³/mol. The van der Waals surface area contributed by atoms with Crippen LogP contribution < -0.4 is 20.1 Å². The molecular formula is C17H24F3N3O3. The van der Waals surface area contributed by atoms with Crippen molar-refractivity contribution in [2.24, 2.45) is 0 Å². The topological polar surface area (TPSA) is 62.8 Å². The first-order valence-corrected chi connectivity index (χ1v) is 8.41. The number of carbonyl (C=O) groups excluding carboxylic acids is 1. The van der Waals surface area contributed by atoms with Crippen LogP contribution in [0.15, 0.2) is 24.3 Å². The fourth-order valence-electron chi connectivity index (χ4n) is 2.70. The van der Waals surface area contributed by atoms with E-state index < -0.39 is 30.8 Å². The Morgan fingerprint density at radius 2 is 1.81 bits per heavy atom. The van der Waals surface area contributed by atoms with Crippen LogP contribution in [0.25, 0.3) is 0 Å². The van der Waals surface area contributed by atoms with E-state index in [0.29, 0.717) is 24.6 Å². The van der Waals surface area contributed by atoms with Crippen LogP contribution in [0.3, 0.4) is 0 Å². The van der Waals surface area contributed by atoms with Crippen LogP contribution in [0.2, 0.25) is 0 Å². The Bertz CT molecular complexity index is 575. The van der Waals surface area contributed by atoms with Crippen LogP contribution in [-0.2, 0) is 4.79 Å². The highest BCUT2D eigenvalue weighted by Gasteiger charge is 2.44. The van der Waals surface area contributed by atoms with Gasteiger partial charge < -0.3 is 20.1 Å². The SMILES string of the molecule is COc1ccc(OC(C)C(=O)NCC(N2CCNCC2)C(F)(F)F)cc1. The van der Waals surface area contributed by atoms with Crippen molar-refractivity contribution in [2.45, 2.75) is 25.2 Å². The van der Waals surface area contributed by atoms with Gasteiger partial charge in [0.1, 0.15) is 17.5 Å². The first-order chi connectivity index (χ1) is 12.3. The molecule has 6 nitrogen and oxygen atoms in total. The van der Waals surface area contributed by atoms with E-state index in [9.17, 15) is 18.0 Å². The van der Waals surface area contributed by atoms with Crippen molar-refractivity contribution in [3.8, 4) is 11.5 Å². The molecule has 1 aliphatic heterocycles. The van der Waals surface area contributed by atoms with E-state index in [2.05, 4.69) is 10.6 Å². The second kappa shape index (κ2) is 9.09. The molecule has 9 heteroatoms. The molecule has 0 radical (unpaired) electrons. The maximum Gasteiger partial charge on any atom is 0.405 e. The lowest BCUT2D eigenvalue weighted by Gasteiger charge is -2.36. The number of rotatable bonds is 7. The zero-order chi connectivity index (χ0) is 19.2. The summed E-state index contributed by atoms with van der Waals surface area (Å²) in [5, 5.41) is 5.37. The highest BCUT2D eigenvalue weighted by Crippen LogP contribution is 2.25. The van der Waals surface area contributed by atoms with Crippen molar-refractivity contribution >= 4 is 5.91 Å². The fourth-order valence-corrected chi connectivity index (χ4v) is 2.70. The van der Waals surface area contributed by atoms with Crippen molar-refractivity contribution in [1.29, 1.82) is 0 Å². The lowest BCUT2D eigenvalue weighted by atomic mass is 10.2. The zero-order valence-electron chi connectivity index (χ0n) is 14.8. The van der Waals surface area contributed by atoms with Gasteiger partial charge in [0.05, 0.1) is 7.11 Å². The van der Waals surface area contributed by atoms with Gasteiger partial charge in [-0.2, -0.15) is 13.2 Å². The van der Waals surface area contributed by atoms with Gasteiger partial charge in [0.25, 0.3) is 5.91 Å². The molecule has 2 N–H and O–H groups in total. The number of hydrogen-bond acceptors (Lipinski definition) is 5. The first kappa shape index (κ1) is 20.3. The van der Waals surface area contributed by atoms with Crippen LogP contribution in [0, 0.1) is 0 Å². The van der Waals surface area contributed by atoms with Crippen LogP contribution in [0.4, 0.5) is 13.2 Å². The highest BCUT2D eigenvalue weighted by atomic mass is 19.4. The van der Waals surface area contributed by atoms with Crippen molar-refractivity contribution in [3.05, 3.63) is 24.3 Å². The number of amides is 1. The van der Waals surface area contributed by atoms with Crippen LogP contribution >= 0.6 is 0 Å². The summed E-state index contributed by atoms with van der Waals surface area (Å²) in [6.45, 7) is 2.57. The zero-order valence-corrected chi connectivity index (χ0v) is 14.8. The highest BCUT2D eigenvalue weighted by molar-refractivity contribution is 5.80. The molecule has 0 aliphatic carbocycles. The van der Waals surface area contributed by atoms with Gasteiger partial charge in [0.2, 0.25) is 0 Å². The summed E-state index contributed by atoms with van der Waals surface area (Å²) in [5.74, 6) is 0.478. The number of halogens is 3. The normalized spacial score (nSPS) is 18.0.